The van der Waals surface area contributed by atoms with E-state index < -0.39 is 0 Å². The third-order valence-electron chi connectivity index (χ3n) is 7.07. The van der Waals surface area contributed by atoms with E-state index in [0.29, 0.717) is 11.4 Å². The first-order valence-corrected chi connectivity index (χ1v) is 13.6. The van der Waals surface area contributed by atoms with Crippen molar-refractivity contribution < 1.29 is 14.3 Å². The van der Waals surface area contributed by atoms with Gasteiger partial charge >= 0.3 is 0 Å². The Morgan fingerprint density at radius 1 is 1.08 bits per heavy atom. The number of fused-ring (bicyclic) bond motifs is 1. The largest absolute Gasteiger partial charge is 0.490 e. The molecule has 0 aliphatic heterocycles. The maximum Gasteiger partial charge on any atom is 0.228 e. The van der Waals surface area contributed by atoms with E-state index in [1.807, 2.05) is 60.3 Å². The lowest BCUT2D eigenvalue weighted by Crippen LogP contribution is -2.31. The predicted molar refractivity (Wildman–Crippen MR) is 153 cm³/mol. The average molecular weight is 528 g/mol. The van der Waals surface area contributed by atoms with E-state index in [4.69, 9.17) is 15.2 Å². The van der Waals surface area contributed by atoms with Crippen molar-refractivity contribution in [3.63, 3.8) is 0 Å². The van der Waals surface area contributed by atoms with Crippen molar-refractivity contribution in [2.75, 3.05) is 5.32 Å². The summed E-state index contributed by atoms with van der Waals surface area (Å²) in [6.45, 7) is 8.17. The van der Waals surface area contributed by atoms with Crippen LogP contribution in [-0.4, -0.2) is 32.8 Å². The number of nitrogens with one attached hydrogen (secondary N) is 1. The number of pyridine rings is 1. The first kappa shape index (κ1) is 26.7. The average Bonchev–Trinajstić information content (AvgIpc) is 3.36. The van der Waals surface area contributed by atoms with Crippen LogP contribution in [0.15, 0.2) is 61.1 Å². The fourth-order valence-electron chi connectivity index (χ4n) is 4.86. The number of anilines is 1. The topological polar surface area (TPSA) is 104 Å². The van der Waals surface area contributed by atoms with Crippen molar-refractivity contribution >= 4 is 22.5 Å². The summed E-state index contributed by atoms with van der Waals surface area (Å²) in [5.74, 6) is 2.15. The van der Waals surface area contributed by atoms with Gasteiger partial charge in [0.05, 0.1) is 35.5 Å². The highest BCUT2D eigenvalue weighted by Gasteiger charge is 2.20. The number of hydrogen-bond donors (Lipinski definition) is 2. The Morgan fingerprint density at radius 2 is 1.87 bits per heavy atom. The molecule has 8 nitrogen and oxygen atoms in total. The summed E-state index contributed by atoms with van der Waals surface area (Å²) in [6.07, 6.45) is 9.64. The van der Waals surface area contributed by atoms with E-state index in [0.717, 1.165) is 59.2 Å². The minimum absolute atomic E-state index is 0.0934. The maximum atomic E-state index is 12.7. The zero-order valence-electron chi connectivity index (χ0n) is 23.1. The first-order chi connectivity index (χ1) is 18.6. The minimum Gasteiger partial charge on any atom is -0.490 e. The van der Waals surface area contributed by atoms with Gasteiger partial charge < -0.3 is 20.5 Å². The predicted octanol–water partition coefficient (Wildman–Crippen LogP) is 6.12. The van der Waals surface area contributed by atoms with Gasteiger partial charge in [0.25, 0.3) is 0 Å². The fraction of sp³-hybridized carbons (Fsp3) is 0.387. The van der Waals surface area contributed by atoms with E-state index >= 15 is 0 Å². The van der Waals surface area contributed by atoms with Crippen LogP contribution in [0.25, 0.3) is 10.9 Å². The molecule has 1 fully saturated rings. The molecule has 2 aromatic carbocycles. The Kier molecular flexibility index (Phi) is 7.57. The highest BCUT2D eigenvalue weighted by atomic mass is 16.5. The van der Waals surface area contributed by atoms with Crippen molar-refractivity contribution in [3.05, 3.63) is 72.2 Å². The molecule has 0 unspecified atom stereocenters. The van der Waals surface area contributed by atoms with Crippen LogP contribution >= 0.6 is 0 Å². The Balaban J connectivity index is 1.26. The summed E-state index contributed by atoms with van der Waals surface area (Å²) in [7, 11) is 0. The molecule has 3 N–H and O–H groups in total. The number of aromatic nitrogens is 3. The van der Waals surface area contributed by atoms with E-state index in [-0.39, 0.29) is 30.0 Å². The summed E-state index contributed by atoms with van der Waals surface area (Å²) in [5.41, 5.74) is 9.27. The molecule has 0 bridgehead atoms. The molecular formula is C31H37N5O3. The first-order valence-electron chi connectivity index (χ1n) is 13.6. The summed E-state index contributed by atoms with van der Waals surface area (Å²) in [6, 6.07) is 13.9. The molecule has 1 amide bonds. The Bertz CT molecular complexity index is 1460. The molecule has 5 rings (SSSR count). The highest BCUT2D eigenvalue weighted by Crippen LogP contribution is 2.34. The van der Waals surface area contributed by atoms with Crippen molar-refractivity contribution in [2.24, 2.45) is 5.73 Å². The van der Waals surface area contributed by atoms with Gasteiger partial charge in [0.1, 0.15) is 17.2 Å². The van der Waals surface area contributed by atoms with Crippen molar-refractivity contribution in [1.82, 2.24) is 14.8 Å². The third-order valence-corrected chi connectivity index (χ3v) is 7.07. The summed E-state index contributed by atoms with van der Waals surface area (Å²) in [5, 5.41) is 8.17. The molecule has 0 radical (unpaired) electrons. The second-order valence-corrected chi connectivity index (χ2v) is 11.4. The zero-order chi connectivity index (χ0) is 27.6. The summed E-state index contributed by atoms with van der Waals surface area (Å²) >= 11 is 0. The number of nitrogens with zero attached hydrogens (tertiary/aromatic N) is 3. The Hall–Kier alpha value is -3.91. The number of hydrogen-bond acceptors (Lipinski definition) is 6. The monoisotopic (exact) mass is 527 g/mol. The number of aryl methyl sites for hydroxylation is 1. The van der Waals surface area contributed by atoms with Gasteiger partial charge in [-0.15, -0.1) is 0 Å². The summed E-state index contributed by atoms with van der Waals surface area (Å²) < 4.78 is 14.5. The second-order valence-electron chi connectivity index (χ2n) is 11.4. The molecule has 1 aliphatic carbocycles. The molecule has 39 heavy (non-hydrogen) atoms. The van der Waals surface area contributed by atoms with Gasteiger partial charge in [-0.1, -0.05) is 12.1 Å². The van der Waals surface area contributed by atoms with Crippen LogP contribution < -0.4 is 20.5 Å². The maximum absolute atomic E-state index is 12.7. The molecular weight excluding hydrogens is 490 g/mol. The van der Waals surface area contributed by atoms with Gasteiger partial charge in [-0.3, -0.25) is 14.5 Å². The smallest absolute Gasteiger partial charge is 0.228 e. The van der Waals surface area contributed by atoms with Crippen LogP contribution in [0.1, 0.15) is 57.6 Å². The van der Waals surface area contributed by atoms with Crippen LogP contribution in [-0.2, 0) is 16.8 Å². The van der Waals surface area contributed by atoms with Crippen molar-refractivity contribution in [3.8, 4) is 17.2 Å². The van der Waals surface area contributed by atoms with Crippen LogP contribution in [0.2, 0.25) is 0 Å². The normalized spacial score (nSPS) is 17.7. The molecule has 4 aromatic rings. The van der Waals surface area contributed by atoms with E-state index in [1.54, 1.807) is 12.4 Å². The number of carbonyl (C=O) groups is 1. The zero-order valence-corrected chi connectivity index (χ0v) is 23.1. The summed E-state index contributed by atoms with van der Waals surface area (Å²) in [4.78, 5) is 17.2. The van der Waals surface area contributed by atoms with E-state index in [2.05, 4.69) is 36.2 Å². The van der Waals surface area contributed by atoms with Crippen molar-refractivity contribution in [2.45, 2.75) is 77.5 Å². The number of nitrogens with two attached hydrogens (primary N) is 1. The van der Waals surface area contributed by atoms with Gasteiger partial charge in [-0.05, 0) is 94.8 Å². The fourth-order valence-corrected chi connectivity index (χ4v) is 4.86. The van der Waals surface area contributed by atoms with Gasteiger partial charge in [-0.25, -0.2) is 0 Å². The number of amides is 1. The minimum atomic E-state index is -0.144. The van der Waals surface area contributed by atoms with Gasteiger partial charge in [0.15, 0.2) is 0 Å². The van der Waals surface area contributed by atoms with Crippen LogP contribution in [0.3, 0.4) is 0 Å². The molecule has 0 spiro atoms. The SMILES string of the molecule is Cc1cc(CC(=O)Nc2cnn(C(C)(C)C)c2)ccc1Oc1ccnc2ccc(O[C@H]3CC[C@@H](N)CC3)cc12. The molecule has 8 heteroatoms. The second kappa shape index (κ2) is 11.1. The van der Waals surface area contributed by atoms with E-state index in [9.17, 15) is 4.79 Å². The van der Waals surface area contributed by atoms with E-state index in [1.165, 1.54) is 0 Å². The Labute approximate surface area is 229 Å². The molecule has 1 saturated carbocycles. The number of benzene rings is 2. The van der Waals surface area contributed by atoms with Crippen LogP contribution in [0, 0.1) is 6.92 Å². The number of rotatable bonds is 7. The lowest BCUT2D eigenvalue weighted by molar-refractivity contribution is -0.115. The van der Waals surface area contributed by atoms with Gasteiger partial charge in [-0.2, -0.15) is 5.10 Å². The lowest BCUT2D eigenvalue weighted by Gasteiger charge is -2.26. The lowest BCUT2D eigenvalue weighted by atomic mass is 9.94. The van der Waals surface area contributed by atoms with Gasteiger partial charge in [0, 0.05) is 23.8 Å². The molecule has 1 aliphatic rings. The van der Waals surface area contributed by atoms with Gasteiger partial charge in [0.2, 0.25) is 5.91 Å². The quantitative estimate of drug-likeness (QED) is 0.300. The standard InChI is InChI=1S/C31H37N5O3/c1-20-15-21(16-30(37)35-23-18-34-36(19-23)31(2,3)4)5-12-28(20)39-29-13-14-33-27-11-10-25(17-26(27)29)38-24-8-6-22(32)7-9-24/h5,10-15,17-19,22,24H,6-9,16,32H2,1-4H3,(H,35,37)/t22-,24+. The number of ether oxygens (including phenoxy) is 2. The molecule has 2 aromatic heterocycles. The number of carbonyl (C=O) groups excluding carboxylic acids is 1. The van der Waals surface area contributed by atoms with Crippen LogP contribution in [0.4, 0.5) is 5.69 Å². The molecule has 0 atom stereocenters. The third kappa shape index (κ3) is 6.57. The van der Waals surface area contributed by atoms with Crippen molar-refractivity contribution in [1.29, 1.82) is 0 Å². The van der Waals surface area contributed by atoms with Crippen LogP contribution in [0.5, 0.6) is 17.2 Å². The highest BCUT2D eigenvalue weighted by molar-refractivity contribution is 5.92. The Morgan fingerprint density at radius 3 is 2.59 bits per heavy atom. The molecule has 204 valence electrons. The molecule has 0 saturated heterocycles. The molecule has 2 heterocycles.